The Labute approximate surface area is 208 Å². The fraction of sp³-hybridized carbons (Fsp3) is 0.200. The van der Waals surface area contributed by atoms with E-state index in [2.05, 4.69) is 14.8 Å². The van der Waals surface area contributed by atoms with Crippen LogP contribution in [0, 0.1) is 11.6 Å². The minimum Gasteiger partial charge on any atom is -0.266 e. The summed E-state index contributed by atoms with van der Waals surface area (Å²) >= 11 is 5.89. The van der Waals surface area contributed by atoms with E-state index >= 15 is 0 Å². The average molecular weight is 517 g/mol. The van der Waals surface area contributed by atoms with Crippen molar-refractivity contribution in [3.05, 3.63) is 95.0 Å². The van der Waals surface area contributed by atoms with Crippen molar-refractivity contribution in [3.8, 4) is 0 Å². The number of aliphatic imine (C=N–C) groups is 1. The van der Waals surface area contributed by atoms with E-state index in [1.165, 1.54) is 35.3 Å². The first-order valence-electron chi connectivity index (χ1n) is 11.0. The molecule has 3 aromatic rings. The molecule has 182 valence electrons. The lowest BCUT2D eigenvalue weighted by atomic mass is 10.0. The average Bonchev–Trinajstić information content (AvgIpc) is 3.27. The standard InChI is InChI=1S/C25H23ClF2N4O2S/c1-2-14-29-25(31-35(33,34)20-11-8-18(26)9-12-20)22-16-24(17-6-4-3-5-7-17)32(30-22)23-13-10-19(27)15-21(23)28/h3-13,15,24H,2,14,16H2,1H3,(H,29,31). The Morgan fingerprint density at radius 1 is 1.11 bits per heavy atom. The molecule has 35 heavy (non-hydrogen) atoms. The van der Waals surface area contributed by atoms with Gasteiger partial charge in [0.1, 0.15) is 11.5 Å². The lowest BCUT2D eigenvalue weighted by Gasteiger charge is -2.24. The third-order valence-corrected chi connectivity index (χ3v) is 6.98. The Hall–Kier alpha value is -3.30. The molecular weight excluding hydrogens is 494 g/mol. The van der Waals surface area contributed by atoms with Crippen LogP contribution in [0.15, 0.2) is 87.8 Å². The van der Waals surface area contributed by atoms with Crippen molar-refractivity contribution in [1.82, 2.24) is 4.72 Å². The molecule has 0 saturated heterocycles. The molecule has 0 radical (unpaired) electrons. The van der Waals surface area contributed by atoms with Gasteiger partial charge in [0.15, 0.2) is 11.7 Å². The zero-order chi connectivity index (χ0) is 25.0. The van der Waals surface area contributed by atoms with E-state index in [-0.39, 0.29) is 22.8 Å². The summed E-state index contributed by atoms with van der Waals surface area (Å²) in [4.78, 5) is 4.45. The molecule has 3 aromatic carbocycles. The van der Waals surface area contributed by atoms with E-state index in [0.717, 1.165) is 17.7 Å². The number of nitrogens with one attached hydrogen (secondary N) is 1. The summed E-state index contributed by atoms with van der Waals surface area (Å²) < 4.78 is 57.0. The molecule has 0 bridgehead atoms. The molecule has 6 nitrogen and oxygen atoms in total. The van der Waals surface area contributed by atoms with Gasteiger partial charge in [0.05, 0.1) is 16.6 Å². The summed E-state index contributed by atoms with van der Waals surface area (Å²) in [6, 6.07) is 17.9. The molecule has 10 heteroatoms. The third kappa shape index (κ3) is 5.68. The van der Waals surface area contributed by atoms with Crippen LogP contribution < -0.4 is 9.73 Å². The van der Waals surface area contributed by atoms with E-state index in [4.69, 9.17) is 11.6 Å². The van der Waals surface area contributed by atoms with Gasteiger partial charge in [0.25, 0.3) is 10.0 Å². The normalized spacial score (nSPS) is 16.3. The molecule has 0 spiro atoms. The summed E-state index contributed by atoms with van der Waals surface area (Å²) in [5.41, 5.74) is 1.25. The van der Waals surface area contributed by atoms with E-state index in [1.54, 1.807) is 0 Å². The van der Waals surface area contributed by atoms with Gasteiger partial charge < -0.3 is 0 Å². The molecule has 1 unspecified atom stereocenters. The minimum atomic E-state index is -3.98. The van der Waals surface area contributed by atoms with Crippen molar-refractivity contribution in [2.45, 2.75) is 30.7 Å². The second-order valence-electron chi connectivity index (χ2n) is 7.91. The van der Waals surface area contributed by atoms with Crippen molar-refractivity contribution in [1.29, 1.82) is 0 Å². The molecule has 0 aliphatic carbocycles. The fourth-order valence-electron chi connectivity index (χ4n) is 3.68. The molecule has 1 aliphatic heterocycles. The number of benzene rings is 3. The predicted octanol–water partition coefficient (Wildman–Crippen LogP) is 5.71. The topological polar surface area (TPSA) is 74.1 Å². The van der Waals surface area contributed by atoms with Crippen LogP contribution in [0.1, 0.15) is 31.4 Å². The Kier molecular flexibility index (Phi) is 7.47. The SMILES string of the molecule is CCCN=C(NS(=O)(=O)c1ccc(Cl)cc1)C1=NN(c2ccc(F)cc2F)C(c2ccccc2)C1. The van der Waals surface area contributed by atoms with E-state index < -0.39 is 27.7 Å². The van der Waals surface area contributed by atoms with Gasteiger partial charge in [0, 0.05) is 24.1 Å². The maximum atomic E-state index is 14.7. The van der Waals surface area contributed by atoms with Gasteiger partial charge in [-0.1, -0.05) is 48.9 Å². The van der Waals surface area contributed by atoms with Crippen LogP contribution in [0.2, 0.25) is 5.02 Å². The highest BCUT2D eigenvalue weighted by Crippen LogP contribution is 2.37. The van der Waals surface area contributed by atoms with Crippen molar-refractivity contribution < 1.29 is 17.2 Å². The maximum Gasteiger partial charge on any atom is 0.263 e. The summed E-state index contributed by atoms with van der Waals surface area (Å²) in [6.07, 6.45) is 0.935. The third-order valence-electron chi connectivity index (χ3n) is 5.37. The smallest absolute Gasteiger partial charge is 0.263 e. The van der Waals surface area contributed by atoms with E-state index in [9.17, 15) is 17.2 Å². The monoisotopic (exact) mass is 516 g/mol. The van der Waals surface area contributed by atoms with Crippen molar-refractivity contribution in [3.63, 3.8) is 0 Å². The van der Waals surface area contributed by atoms with Gasteiger partial charge in [-0.3, -0.25) is 14.7 Å². The quantitative estimate of drug-likeness (QED) is 0.323. The fourth-order valence-corrected chi connectivity index (χ4v) is 4.86. The van der Waals surface area contributed by atoms with Crippen LogP contribution in [0.5, 0.6) is 0 Å². The highest BCUT2D eigenvalue weighted by atomic mass is 35.5. The van der Waals surface area contributed by atoms with Gasteiger partial charge in [0.2, 0.25) is 0 Å². The summed E-state index contributed by atoms with van der Waals surface area (Å²) in [7, 11) is -3.98. The van der Waals surface area contributed by atoms with Gasteiger partial charge in [-0.25, -0.2) is 17.2 Å². The number of nitrogens with zero attached hydrogens (tertiary/aromatic N) is 3. The van der Waals surface area contributed by atoms with Gasteiger partial charge >= 0.3 is 0 Å². The van der Waals surface area contributed by atoms with Crippen molar-refractivity contribution in [2.75, 3.05) is 11.6 Å². The Morgan fingerprint density at radius 3 is 2.49 bits per heavy atom. The molecule has 1 aliphatic rings. The number of halogens is 3. The lowest BCUT2D eigenvalue weighted by Crippen LogP contribution is -2.36. The molecular formula is C25H23ClF2N4O2S. The molecule has 0 aromatic heterocycles. The van der Waals surface area contributed by atoms with Crippen LogP contribution in [-0.4, -0.2) is 26.5 Å². The zero-order valence-electron chi connectivity index (χ0n) is 18.8. The second-order valence-corrected chi connectivity index (χ2v) is 10.0. The maximum absolute atomic E-state index is 14.7. The zero-order valence-corrected chi connectivity index (χ0v) is 20.4. The van der Waals surface area contributed by atoms with Gasteiger partial charge in [-0.05, 0) is 48.4 Å². The summed E-state index contributed by atoms with van der Waals surface area (Å²) in [5.74, 6) is -1.40. The molecule has 0 saturated carbocycles. The Morgan fingerprint density at radius 2 is 1.83 bits per heavy atom. The molecule has 1 N–H and O–H groups in total. The van der Waals surface area contributed by atoms with Crippen LogP contribution >= 0.6 is 11.6 Å². The first-order chi connectivity index (χ1) is 16.8. The highest BCUT2D eigenvalue weighted by Gasteiger charge is 2.34. The molecule has 4 rings (SSSR count). The van der Waals surface area contributed by atoms with Crippen LogP contribution in [0.4, 0.5) is 14.5 Å². The number of hydrogen-bond acceptors (Lipinski definition) is 5. The summed E-state index contributed by atoms with van der Waals surface area (Å²) in [5, 5.41) is 6.41. The first-order valence-corrected chi connectivity index (χ1v) is 12.8. The number of anilines is 1. The molecule has 0 fully saturated rings. The summed E-state index contributed by atoms with van der Waals surface area (Å²) in [6.45, 7) is 2.27. The number of amidine groups is 1. The lowest BCUT2D eigenvalue weighted by molar-refractivity contribution is 0.573. The number of hydrazone groups is 1. The predicted molar refractivity (Wildman–Crippen MR) is 134 cm³/mol. The van der Waals surface area contributed by atoms with Crippen LogP contribution in [-0.2, 0) is 10.0 Å². The van der Waals surface area contributed by atoms with Gasteiger partial charge in [-0.2, -0.15) is 5.10 Å². The molecule has 1 atom stereocenters. The largest absolute Gasteiger partial charge is 0.266 e. The number of hydrogen-bond donors (Lipinski definition) is 1. The van der Waals surface area contributed by atoms with Crippen LogP contribution in [0.25, 0.3) is 0 Å². The number of rotatable bonds is 7. The van der Waals surface area contributed by atoms with Gasteiger partial charge in [-0.15, -0.1) is 0 Å². The first kappa shape index (κ1) is 24.8. The second kappa shape index (κ2) is 10.5. The van der Waals surface area contributed by atoms with Crippen molar-refractivity contribution in [2.24, 2.45) is 10.1 Å². The minimum absolute atomic E-state index is 0.0192. The molecule has 0 amide bonds. The van der Waals surface area contributed by atoms with E-state index in [0.29, 0.717) is 23.7 Å². The van der Waals surface area contributed by atoms with Crippen molar-refractivity contribution >= 4 is 38.9 Å². The number of sulfonamides is 1. The molecule has 1 heterocycles. The highest BCUT2D eigenvalue weighted by molar-refractivity contribution is 7.90. The Bertz CT molecular complexity index is 1360. The van der Waals surface area contributed by atoms with Crippen LogP contribution in [0.3, 0.4) is 0 Å². The Balaban J connectivity index is 1.74. The van der Waals surface area contributed by atoms with E-state index in [1.807, 2.05) is 37.3 Å².